The van der Waals surface area contributed by atoms with Crippen LogP contribution in [0.5, 0.6) is 0 Å². The molecule has 1 fully saturated rings. The van der Waals surface area contributed by atoms with Crippen LogP contribution >= 0.6 is 11.6 Å². The molecule has 1 aliphatic rings. The maximum Gasteiger partial charge on any atom is 0.230 e. The van der Waals surface area contributed by atoms with Gasteiger partial charge in [-0.2, -0.15) is 0 Å². The van der Waals surface area contributed by atoms with Crippen molar-refractivity contribution in [3.8, 4) is 0 Å². The normalized spacial score (nSPS) is 17.4. The minimum atomic E-state index is -0.529. The molecule has 2 aromatic rings. The van der Waals surface area contributed by atoms with Crippen molar-refractivity contribution in [2.75, 3.05) is 0 Å². The third kappa shape index (κ3) is 3.27. The number of carbonyl (C=O) groups excluding carboxylic acids is 2. The van der Waals surface area contributed by atoms with E-state index >= 15 is 0 Å². The lowest BCUT2D eigenvalue weighted by atomic mass is 9.74. The second kappa shape index (κ2) is 6.13. The molecular formula is C18H17ClN2O2. The molecule has 0 unspecified atom stereocenters. The van der Waals surface area contributed by atoms with Crippen LogP contribution in [0.2, 0.25) is 5.15 Å². The largest absolute Gasteiger partial charge is 0.278 e. The lowest BCUT2D eigenvalue weighted by molar-refractivity contribution is -0.151. The van der Waals surface area contributed by atoms with Gasteiger partial charge >= 0.3 is 0 Å². The third-order valence-electron chi connectivity index (χ3n) is 4.29. The van der Waals surface area contributed by atoms with Crippen molar-refractivity contribution in [1.29, 1.82) is 0 Å². The van der Waals surface area contributed by atoms with E-state index in [0.717, 1.165) is 11.1 Å². The number of amides is 2. The van der Waals surface area contributed by atoms with Crippen LogP contribution < -0.4 is 0 Å². The number of hydrogen-bond donors (Lipinski definition) is 0. The Labute approximate surface area is 140 Å². The van der Waals surface area contributed by atoms with Crippen molar-refractivity contribution in [2.45, 2.75) is 31.7 Å². The summed E-state index contributed by atoms with van der Waals surface area (Å²) in [5.74, 6) is -0.301. The standard InChI is InChI=1S/C18H17ClN2O2/c1-18(14-7-8-15(19)20-11-14)9-16(22)21(17(23)10-18)12-13-5-3-2-4-6-13/h2-8,11H,9-10,12H2,1H3. The van der Waals surface area contributed by atoms with Crippen LogP contribution in [-0.4, -0.2) is 21.7 Å². The third-order valence-corrected chi connectivity index (χ3v) is 4.52. The van der Waals surface area contributed by atoms with Crippen molar-refractivity contribution in [3.05, 3.63) is 64.9 Å². The number of halogens is 1. The Kier molecular flexibility index (Phi) is 4.18. The Morgan fingerprint density at radius 1 is 1.09 bits per heavy atom. The van der Waals surface area contributed by atoms with Crippen LogP contribution in [0, 0.1) is 0 Å². The van der Waals surface area contributed by atoms with E-state index in [0.29, 0.717) is 11.7 Å². The van der Waals surface area contributed by atoms with Crippen LogP contribution in [-0.2, 0) is 21.5 Å². The number of benzene rings is 1. The van der Waals surface area contributed by atoms with Crippen LogP contribution in [0.15, 0.2) is 48.7 Å². The maximum atomic E-state index is 12.5. The predicted molar refractivity (Wildman–Crippen MR) is 87.8 cm³/mol. The van der Waals surface area contributed by atoms with E-state index in [1.807, 2.05) is 43.3 Å². The molecule has 0 radical (unpaired) electrons. The predicted octanol–water partition coefficient (Wildman–Crippen LogP) is 3.34. The lowest BCUT2D eigenvalue weighted by Crippen LogP contribution is -2.48. The topological polar surface area (TPSA) is 50.3 Å². The Morgan fingerprint density at radius 3 is 2.30 bits per heavy atom. The molecule has 4 nitrogen and oxygen atoms in total. The molecule has 3 rings (SSSR count). The van der Waals surface area contributed by atoms with Crippen LogP contribution in [0.1, 0.15) is 30.9 Å². The van der Waals surface area contributed by atoms with Gasteiger partial charge in [0.15, 0.2) is 0 Å². The molecule has 0 aliphatic carbocycles. The van der Waals surface area contributed by atoms with Crippen LogP contribution in [0.3, 0.4) is 0 Å². The van der Waals surface area contributed by atoms with E-state index in [-0.39, 0.29) is 24.7 Å². The fourth-order valence-electron chi connectivity index (χ4n) is 2.94. The number of imide groups is 1. The number of nitrogens with zero attached hydrogens (tertiary/aromatic N) is 2. The maximum absolute atomic E-state index is 12.5. The first kappa shape index (κ1) is 15.7. The minimum absolute atomic E-state index is 0.150. The van der Waals surface area contributed by atoms with E-state index in [4.69, 9.17) is 11.6 Å². The van der Waals surface area contributed by atoms with Gasteiger partial charge in [0.1, 0.15) is 5.15 Å². The van der Waals surface area contributed by atoms with Gasteiger partial charge in [-0.1, -0.05) is 54.9 Å². The summed E-state index contributed by atoms with van der Waals surface area (Å²) >= 11 is 5.81. The summed E-state index contributed by atoms with van der Waals surface area (Å²) in [6.07, 6.45) is 2.22. The molecule has 0 N–H and O–H groups in total. The fraction of sp³-hybridized carbons (Fsp3) is 0.278. The Morgan fingerprint density at radius 2 is 1.74 bits per heavy atom. The van der Waals surface area contributed by atoms with Gasteiger partial charge in [0.25, 0.3) is 0 Å². The Balaban J connectivity index is 1.80. The van der Waals surface area contributed by atoms with Crippen molar-refractivity contribution in [1.82, 2.24) is 9.88 Å². The quantitative estimate of drug-likeness (QED) is 0.641. The van der Waals surface area contributed by atoms with Gasteiger partial charge in [-0.15, -0.1) is 0 Å². The second-order valence-electron chi connectivity index (χ2n) is 6.14. The van der Waals surface area contributed by atoms with Gasteiger partial charge in [0.05, 0.1) is 6.54 Å². The zero-order valence-corrected chi connectivity index (χ0v) is 13.6. The molecule has 0 atom stereocenters. The molecule has 2 heterocycles. The number of carbonyl (C=O) groups is 2. The average molecular weight is 329 g/mol. The zero-order chi connectivity index (χ0) is 16.4. The summed E-state index contributed by atoms with van der Waals surface area (Å²) in [7, 11) is 0. The highest BCUT2D eigenvalue weighted by atomic mass is 35.5. The fourth-order valence-corrected chi connectivity index (χ4v) is 3.05. The van der Waals surface area contributed by atoms with E-state index < -0.39 is 5.41 Å². The van der Waals surface area contributed by atoms with E-state index in [9.17, 15) is 9.59 Å². The molecule has 1 aliphatic heterocycles. The highest BCUT2D eigenvalue weighted by molar-refractivity contribution is 6.29. The van der Waals surface area contributed by atoms with Gasteiger partial charge in [-0.05, 0) is 17.2 Å². The van der Waals surface area contributed by atoms with Gasteiger partial charge in [0, 0.05) is 24.5 Å². The zero-order valence-electron chi connectivity index (χ0n) is 12.8. The molecule has 23 heavy (non-hydrogen) atoms. The SMILES string of the molecule is CC1(c2ccc(Cl)nc2)CC(=O)N(Cc2ccccc2)C(=O)C1. The molecule has 1 aromatic heterocycles. The van der Waals surface area contributed by atoms with Crippen molar-refractivity contribution < 1.29 is 9.59 Å². The highest BCUT2D eigenvalue weighted by Gasteiger charge is 2.41. The molecule has 118 valence electrons. The first-order valence-electron chi connectivity index (χ1n) is 7.47. The first-order valence-corrected chi connectivity index (χ1v) is 7.85. The number of aromatic nitrogens is 1. The molecular weight excluding hydrogens is 312 g/mol. The first-order chi connectivity index (χ1) is 11.0. The van der Waals surface area contributed by atoms with Crippen molar-refractivity contribution in [2.24, 2.45) is 0 Å². The summed E-state index contributed by atoms with van der Waals surface area (Å²) in [5, 5.41) is 0.400. The molecule has 5 heteroatoms. The monoisotopic (exact) mass is 328 g/mol. The number of rotatable bonds is 3. The average Bonchev–Trinajstić information content (AvgIpc) is 2.52. The summed E-state index contributed by atoms with van der Waals surface area (Å²) < 4.78 is 0. The summed E-state index contributed by atoms with van der Waals surface area (Å²) in [6.45, 7) is 2.25. The smallest absolute Gasteiger partial charge is 0.230 e. The van der Waals surface area contributed by atoms with E-state index in [1.165, 1.54) is 4.90 Å². The highest BCUT2D eigenvalue weighted by Crippen LogP contribution is 2.36. The van der Waals surface area contributed by atoms with Crippen LogP contribution in [0.4, 0.5) is 0 Å². The number of piperidine rings is 1. The molecule has 0 bridgehead atoms. The van der Waals surface area contributed by atoms with Gasteiger partial charge < -0.3 is 0 Å². The van der Waals surface area contributed by atoms with E-state index in [2.05, 4.69) is 4.98 Å². The van der Waals surface area contributed by atoms with Gasteiger partial charge in [0.2, 0.25) is 11.8 Å². The van der Waals surface area contributed by atoms with Crippen molar-refractivity contribution >= 4 is 23.4 Å². The van der Waals surface area contributed by atoms with E-state index in [1.54, 1.807) is 12.3 Å². The molecule has 2 amide bonds. The summed E-state index contributed by atoms with van der Waals surface area (Å²) in [4.78, 5) is 30.5. The number of hydrogen-bond acceptors (Lipinski definition) is 3. The molecule has 1 saturated heterocycles. The molecule has 0 saturated carbocycles. The van der Waals surface area contributed by atoms with Gasteiger partial charge in [-0.3, -0.25) is 14.5 Å². The van der Waals surface area contributed by atoms with Crippen LogP contribution in [0.25, 0.3) is 0 Å². The van der Waals surface area contributed by atoms with Crippen molar-refractivity contribution in [3.63, 3.8) is 0 Å². The number of likely N-dealkylation sites (tertiary alicyclic amines) is 1. The Bertz CT molecular complexity index is 710. The lowest BCUT2D eigenvalue weighted by Gasteiger charge is -2.37. The minimum Gasteiger partial charge on any atom is -0.278 e. The molecule has 0 spiro atoms. The molecule has 1 aromatic carbocycles. The Hall–Kier alpha value is -2.20. The summed E-state index contributed by atoms with van der Waals surface area (Å²) in [6, 6.07) is 13.1. The van der Waals surface area contributed by atoms with Gasteiger partial charge in [-0.25, -0.2) is 4.98 Å². The number of pyridine rings is 1. The second-order valence-corrected chi connectivity index (χ2v) is 6.53. The summed E-state index contributed by atoms with van der Waals surface area (Å²) in [5.41, 5.74) is 1.28.